The summed E-state index contributed by atoms with van der Waals surface area (Å²) in [5.41, 5.74) is 2.42. The summed E-state index contributed by atoms with van der Waals surface area (Å²) in [6, 6.07) is 13.0. The Morgan fingerprint density at radius 2 is 1.97 bits per heavy atom. The lowest BCUT2D eigenvalue weighted by molar-refractivity contribution is -0.150. The van der Waals surface area contributed by atoms with Crippen LogP contribution in [-0.2, 0) is 23.0 Å². The largest absolute Gasteiger partial charge is 0.366 e. The summed E-state index contributed by atoms with van der Waals surface area (Å²) in [5, 5.41) is 17.3. The number of ether oxygens (including phenoxy) is 1. The molecule has 3 amide bonds. The van der Waals surface area contributed by atoms with Gasteiger partial charge in [0.2, 0.25) is 0 Å². The second-order valence-corrected chi connectivity index (χ2v) is 9.97. The SMILES string of the molecule is Cn1nnnc1-c1cccc(NC(=O)N[C@@H]2CCCO[C@H]2C(=O)N2CCC[C@@H](Cc3ccc(F)cc3)C2)c1. The van der Waals surface area contributed by atoms with Crippen LogP contribution in [0.25, 0.3) is 11.4 Å². The molecule has 2 aliphatic rings. The highest BCUT2D eigenvalue weighted by Gasteiger charge is 2.37. The number of anilines is 1. The first kappa shape index (κ1) is 25.8. The maximum Gasteiger partial charge on any atom is 0.319 e. The van der Waals surface area contributed by atoms with Crippen LogP contribution in [0.15, 0.2) is 48.5 Å². The molecule has 200 valence electrons. The van der Waals surface area contributed by atoms with Crippen molar-refractivity contribution in [3.8, 4) is 11.4 Å². The number of nitrogens with one attached hydrogen (secondary N) is 2. The van der Waals surface area contributed by atoms with Crippen molar-refractivity contribution >= 4 is 17.6 Å². The number of amides is 3. The molecule has 10 nitrogen and oxygen atoms in total. The van der Waals surface area contributed by atoms with Crippen LogP contribution in [-0.4, -0.2) is 68.9 Å². The third kappa shape index (κ3) is 6.16. The number of likely N-dealkylation sites (tertiary alicyclic amines) is 1. The summed E-state index contributed by atoms with van der Waals surface area (Å²) in [6.45, 7) is 1.77. The normalized spacial score (nSPS) is 21.6. The summed E-state index contributed by atoms with van der Waals surface area (Å²) in [6.07, 6.45) is 3.40. The molecular weight excluding hydrogens is 489 g/mol. The average Bonchev–Trinajstić information content (AvgIpc) is 3.36. The molecule has 3 atom stereocenters. The predicted octanol–water partition coefficient (Wildman–Crippen LogP) is 3.17. The number of aromatic nitrogens is 4. The second kappa shape index (κ2) is 11.7. The number of urea groups is 1. The van der Waals surface area contributed by atoms with Crippen LogP contribution in [0.5, 0.6) is 0 Å². The molecule has 3 aromatic rings. The summed E-state index contributed by atoms with van der Waals surface area (Å²) in [5.74, 6) is 0.546. The van der Waals surface area contributed by atoms with Crippen molar-refractivity contribution < 1.29 is 18.7 Å². The van der Waals surface area contributed by atoms with Gasteiger partial charge in [0.05, 0.1) is 6.04 Å². The Balaban J connectivity index is 1.19. The first-order chi connectivity index (χ1) is 18.5. The quantitative estimate of drug-likeness (QED) is 0.515. The highest BCUT2D eigenvalue weighted by atomic mass is 19.1. The number of hydrogen-bond donors (Lipinski definition) is 2. The molecule has 0 unspecified atom stereocenters. The summed E-state index contributed by atoms with van der Waals surface area (Å²) < 4.78 is 20.7. The number of carbonyl (C=O) groups is 2. The van der Waals surface area contributed by atoms with E-state index in [1.807, 2.05) is 17.0 Å². The lowest BCUT2D eigenvalue weighted by Crippen LogP contribution is -2.56. The molecule has 0 saturated carbocycles. The smallest absolute Gasteiger partial charge is 0.319 e. The van der Waals surface area contributed by atoms with Gasteiger partial charge in [0.15, 0.2) is 11.9 Å². The van der Waals surface area contributed by atoms with E-state index in [4.69, 9.17) is 4.74 Å². The number of aryl methyl sites for hydroxylation is 1. The molecule has 2 aliphatic heterocycles. The first-order valence-corrected chi connectivity index (χ1v) is 13.0. The van der Waals surface area contributed by atoms with Crippen molar-refractivity contribution in [2.24, 2.45) is 13.0 Å². The second-order valence-electron chi connectivity index (χ2n) is 9.97. The van der Waals surface area contributed by atoms with Gasteiger partial charge in [0.1, 0.15) is 5.82 Å². The predicted molar refractivity (Wildman–Crippen MR) is 139 cm³/mol. The minimum absolute atomic E-state index is 0.0874. The van der Waals surface area contributed by atoms with Crippen LogP contribution in [0.2, 0.25) is 0 Å². The molecule has 11 heteroatoms. The van der Waals surface area contributed by atoms with E-state index >= 15 is 0 Å². The number of tetrazole rings is 1. The summed E-state index contributed by atoms with van der Waals surface area (Å²) >= 11 is 0. The van der Waals surface area contributed by atoms with Crippen molar-refractivity contribution in [1.82, 2.24) is 30.4 Å². The van der Waals surface area contributed by atoms with Crippen molar-refractivity contribution in [3.63, 3.8) is 0 Å². The zero-order valence-electron chi connectivity index (χ0n) is 21.3. The van der Waals surface area contributed by atoms with Gasteiger partial charge in [0, 0.05) is 38.0 Å². The zero-order valence-corrected chi connectivity index (χ0v) is 21.3. The molecule has 1 aromatic heterocycles. The number of rotatable bonds is 6. The van der Waals surface area contributed by atoms with Crippen LogP contribution in [0.4, 0.5) is 14.9 Å². The average molecular weight is 522 g/mol. The van der Waals surface area contributed by atoms with Gasteiger partial charge in [0.25, 0.3) is 5.91 Å². The molecule has 2 fully saturated rings. The Kier molecular flexibility index (Phi) is 7.92. The van der Waals surface area contributed by atoms with Crippen molar-refractivity contribution in [3.05, 3.63) is 59.9 Å². The maximum absolute atomic E-state index is 13.5. The van der Waals surface area contributed by atoms with E-state index in [1.165, 1.54) is 12.1 Å². The van der Waals surface area contributed by atoms with E-state index in [1.54, 1.807) is 36.0 Å². The standard InChI is InChI=1S/C27H32FN7O3/c1-34-25(31-32-33-34)20-6-2-7-22(16-20)29-27(37)30-23-8-4-14-38-24(23)26(36)35-13-3-5-19(17-35)15-18-9-11-21(28)12-10-18/h2,6-7,9-12,16,19,23-24H,3-5,8,13-15,17H2,1H3,(H2,29,30,37)/t19-,23+,24+/m0/s1. The molecule has 0 radical (unpaired) electrons. The molecular formula is C27H32FN7O3. The molecule has 2 saturated heterocycles. The van der Waals surface area contributed by atoms with Gasteiger partial charge in [-0.1, -0.05) is 24.3 Å². The first-order valence-electron chi connectivity index (χ1n) is 13.0. The van der Waals surface area contributed by atoms with Crippen LogP contribution in [0.1, 0.15) is 31.2 Å². The Hall–Kier alpha value is -3.86. The van der Waals surface area contributed by atoms with Gasteiger partial charge in [-0.25, -0.2) is 13.9 Å². The van der Waals surface area contributed by atoms with E-state index in [0.29, 0.717) is 43.5 Å². The van der Waals surface area contributed by atoms with Crippen molar-refractivity contribution in [2.75, 3.05) is 25.0 Å². The Bertz CT molecular complexity index is 1270. The molecule has 3 heterocycles. The minimum Gasteiger partial charge on any atom is -0.366 e. The van der Waals surface area contributed by atoms with Gasteiger partial charge >= 0.3 is 6.03 Å². The van der Waals surface area contributed by atoms with Crippen LogP contribution < -0.4 is 10.6 Å². The van der Waals surface area contributed by atoms with Crippen LogP contribution >= 0.6 is 0 Å². The van der Waals surface area contributed by atoms with Crippen LogP contribution in [0, 0.1) is 11.7 Å². The molecule has 38 heavy (non-hydrogen) atoms. The van der Waals surface area contributed by atoms with Gasteiger partial charge in [-0.05, 0) is 78.3 Å². The van der Waals surface area contributed by atoms with E-state index in [0.717, 1.165) is 36.8 Å². The Morgan fingerprint density at radius 3 is 2.76 bits per heavy atom. The zero-order chi connectivity index (χ0) is 26.5. The fourth-order valence-corrected chi connectivity index (χ4v) is 5.28. The number of benzene rings is 2. The lowest BCUT2D eigenvalue weighted by Gasteiger charge is -2.38. The number of nitrogens with zero attached hydrogens (tertiary/aromatic N) is 5. The molecule has 0 aliphatic carbocycles. The van der Waals surface area contributed by atoms with Gasteiger partial charge in [-0.2, -0.15) is 0 Å². The minimum atomic E-state index is -0.727. The van der Waals surface area contributed by atoms with Crippen molar-refractivity contribution in [2.45, 2.75) is 44.2 Å². The topological polar surface area (TPSA) is 114 Å². The van der Waals surface area contributed by atoms with E-state index in [-0.39, 0.29) is 11.7 Å². The fourth-order valence-electron chi connectivity index (χ4n) is 5.28. The van der Waals surface area contributed by atoms with Gasteiger partial charge in [-0.3, -0.25) is 4.79 Å². The molecule has 0 spiro atoms. The number of carbonyl (C=O) groups excluding carboxylic acids is 2. The Morgan fingerprint density at radius 1 is 1.13 bits per heavy atom. The fraction of sp³-hybridized carbons (Fsp3) is 0.444. The number of hydrogen-bond acceptors (Lipinski definition) is 6. The lowest BCUT2D eigenvalue weighted by atomic mass is 9.90. The third-order valence-corrected chi connectivity index (χ3v) is 7.15. The van der Waals surface area contributed by atoms with E-state index < -0.39 is 18.2 Å². The summed E-state index contributed by atoms with van der Waals surface area (Å²) in [7, 11) is 1.75. The van der Waals surface area contributed by atoms with E-state index in [2.05, 4.69) is 26.2 Å². The monoisotopic (exact) mass is 521 g/mol. The highest BCUT2D eigenvalue weighted by Crippen LogP contribution is 2.25. The van der Waals surface area contributed by atoms with Gasteiger partial charge in [-0.15, -0.1) is 5.10 Å². The molecule has 2 aromatic carbocycles. The highest BCUT2D eigenvalue weighted by molar-refractivity contribution is 5.91. The Labute approximate surface area is 220 Å². The molecule has 0 bridgehead atoms. The molecule has 5 rings (SSSR count). The third-order valence-electron chi connectivity index (χ3n) is 7.15. The van der Waals surface area contributed by atoms with Crippen molar-refractivity contribution in [1.29, 1.82) is 0 Å². The van der Waals surface area contributed by atoms with Crippen LogP contribution in [0.3, 0.4) is 0 Å². The molecule has 2 N–H and O–H groups in total. The maximum atomic E-state index is 13.5. The number of piperidine rings is 1. The van der Waals surface area contributed by atoms with E-state index in [9.17, 15) is 14.0 Å². The number of halogens is 1. The van der Waals surface area contributed by atoms with Gasteiger partial charge < -0.3 is 20.3 Å². The summed E-state index contributed by atoms with van der Waals surface area (Å²) in [4.78, 5) is 28.3.